The molecule has 1 aromatic heterocycles. The van der Waals surface area contributed by atoms with E-state index < -0.39 is 0 Å². The van der Waals surface area contributed by atoms with Gasteiger partial charge in [0.05, 0.1) is 5.52 Å². The number of nitrogens with one attached hydrogen (secondary N) is 1. The normalized spacial score (nSPS) is 14.3. The molecule has 2 heterocycles. The highest BCUT2D eigenvalue weighted by atomic mass is 16.1. The number of carbonyl (C=O) groups is 1. The van der Waals surface area contributed by atoms with Gasteiger partial charge in [0.25, 0.3) is 5.91 Å². The molecule has 0 aliphatic carbocycles. The lowest BCUT2D eigenvalue weighted by molar-refractivity contribution is 0.0958. The smallest absolute Gasteiger partial charge is 0.269 e. The number of hydrogen-bond acceptors (Lipinski definition) is 3. The van der Waals surface area contributed by atoms with Crippen LogP contribution in [0.5, 0.6) is 0 Å². The highest BCUT2D eigenvalue weighted by molar-refractivity contribution is 5.97. The summed E-state index contributed by atoms with van der Waals surface area (Å²) in [7, 11) is 3.77. The summed E-state index contributed by atoms with van der Waals surface area (Å²) < 4.78 is 0. The second-order valence-corrected chi connectivity index (χ2v) is 7.05. The largest absolute Gasteiger partial charge is 0.374 e. The number of hydrogen-bond donors (Lipinski definition) is 1. The first-order chi connectivity index (χ1) is 10.3. The van der Waals surface area contributed by atoms with Crippen molar-refractivity contribution >= 4 is 22.5 Å². The number of benzene rings is 1. The minimum atomic E-state index is -0.134. The zero-order valence-electron chi connectivity index (χ0n) is 13.9. The molecule has 0 fully saturated rings. The Morgan fingerprint density at radius 3 is 2.64 bits per heavy atom. The van der Waals surface area contributed by atoms with Crippen LogP contribution in [-0.4, -0.2) is 31.5 Å². The Labute approximate surface area is 131 Å². The fourth-order valence-corrected chi connectivity index (χ4v) is 3.13. The monoisotopic (exact) mass is 297 g/mol. The van der Waals surface area contributed by atoms with Crippen molar-refractivity contribution in [2.24, 2.45) is 0 Å². The number of rotatable bonds is 1. The third-order valence-electron chi connectivity index (χ3n) is 4.40. The standard InChI is InChI=1S/C18H23N3O/c1-18(2,3)13-10-15(17(22)19-4)20-14-8-11-6-7-21(5)16(11)9-12(13)14/h8-10H,6-7H2,1-5H3,(H,19,22). The van der Waals surface area contributed by atoms with E-state index in [1.165, 1.54) is 16.8 Å². The van der Waals surface area contributed by atoms with Crippen LogP contribution in [-0.2, 0) is 11.8 Å². The molecule has 116 valence electrons. The SMILES string of the molecule is CNC(=O)c1cc(C(C)(C)C)c2cc3c(cc2n1)CCN3C. The Kier molecular flexibility index (Phi) is 3.35. The van der Waals surface area contributed by atoms with Crippen molar-refractivity contribution in [3.05, 3.63) is 35.0 Å². The molecule has 1 aromatic carbocycles. The minimum Gasteiger partial charge on any atom is -0.374 e. The van der Waals surface area contributed by atoms with Crippen molar-refractivity contribution < 1.29 is 4.79 Å². The zero-order chi connectivity index (χ0) is 16.1. The molecule has 0 unspecified atom stereocenters. The summed E-state index contributed by atoms with van der Waals surface area (Å²) in [6.45, 7) is 7.56. The Morgan fingerprint density at radius 1 is 1.27 bits per heavy atom. The van der Waals surface area contributed by atoms with Gasteiger partial charge >= 0.3 is 0 Å². The van der Waals surface area contributed by atoms with Crippen LogP contribution < -0.4 is 10.2 Å². The third kappa shape index (κ3) is 2.32. The van der Waals surface area contributed by atoms with Crippen LogP contribution >= 0.6 is 0 Å². The number of amides is 1. The summed E-state index contributed by atoms with van der Waals surface area (Å²) in [6.07, 6.45) is 1.04. The summed E-state index contributed by atoms with van der Waals surface area (Å²) in [5, 5.41) is 3.82. The number of anilines is 1. The fraction of sp³-hybridized carbons (Fsp3) is 0.444. The lowest BCUT2D eigenvalue weighted by atomic mass is 9.84. The highest BCUT2D eigenvalue weighted by Crippen LogP contribution is 2.36. The highest BCUT2D eigenvalue weighted by Gasteiger charge is 2.24. The van der Waals surface area contributed by atoms with Gasteiger partial charge < -0.3 is 10.2 Å². The van der Waals surface area contributed by atoms with Crippen LogP contribution in [0.25, 0.3) is 10.9 Å². The molecule has 2 aromatic rings. The van der Waals surface area contributed by atoms with Crippen molar-refractivity contribution in [1.29, 1.82) is 0 Å². The number of likely N-dealkylation sites (N-methyl/N-ethyl adjacent to an activating group) is 1. The van der Waals surface area contributed by atoms with Gasteiger partial charge in [-0.2, -0.15) is 0 Å². The van der Waals surface area contributed by atoms with Crippen molar-refractivity contribution in [3.8, 4) is 0 Å². The molecular formula is C18H23N3O. The van der Waals surface area contributed by atoms with Crippen LogP contribution in [0.2, 0.25) is 0 Å². The van der Waals surface area contributed by atoms with Gasteiger partial charge in [-0.15, -0.1) is 0 Å². The van der Waals surface area contributed by atoms with E-state index in [1.807, 2.05) is 6.07 Å². The van der Waals surface area contributed by atoms with E-state index in [2.05, 4.69) is 55.2 Å². The van der Waals surface area contributed by atoms with Gasteiger partial charge in [0.15, 0.2) is 0 Å². The molecule has 0 atom stereocenters. The summed E-state index contributed by atoms with van der Waals surface area (Å²) in [6, 6.07) is 6.32. The van der Waals surface area contributed by atoms with Gasteiger partial charge in [0, 0.05) is 31.7 Å². The number of pyridine rings is 1. The second-order valence-electron chi connectivity index (χ2n) is 7.05. The maximum absolute atomic E-state index is 12.0. The number of fused-ring (bicyclic) bond motifs is 2. The molecule has 0 radical (unpaired) electrons. The average Bonchev–Trinajstić information content (AvgIpc) is 2.82. The van der Waals surface area contributed by atoms with E-state index in [1.54, 1.807) is 7.05 Å². The predicted octanol–water partition coefficient (Wildman–Crippen LogP) is 2.88. The van der Waals surface area contributed by atoms with Crippen LogP contribution in [0.15, 0.2) is 18.2 Å². The van der Waals surface area contributed by atoms with E-state index in [9.17, 15) is 4.79 Å². The van der Waals surface area contributed by atoms with Crippen LogP contribution in [0, 0.1) is 0 Å². The quantitative estimate of drug-likeness (QED) is 0.880. The van der Waals surface area contributed by atoms with E-state index in [4.69, 9.17) is 0 Å². The van der Waals surface area contributed by atoms with Gasteiger partial charge in [-0.3, -0.25) is 4.79 Å². The molecule has 1 aliphatic heterocycles. The molecular weight excluding hydrogens is 274 g/mol. The molecule has 0 spiro atoms. The maximum atomic E-state index is 12.0. The van der Waals surface area contributed by atoms with Crippen LogP contribution in [0.4, 0.5) is 5.69 Å². The Hall–Kier alpha value is -2.10. The lowest BCUT2D eigenvalue weighted by Crippen LogP contribution is -2.21. The molecule has 1 amide bonds. The lowest BCUT2D eigenvalue weighted by Gasteiger charge is -2.23. The topological polar surface area (TPSA) is 45.2 Å². The van der Waals surface area contributed by atoms with E-state index >= 15 is 0 Å². The van der Waals surface area contributed by atoms with Gasteiger partial charge in [-0.25, -0.2) is 4.98 Å². The molecule has 3 rings (SSSR count). The summed E-state index contributed by atoms with van der Waals surface area (Å²) >= 11 is 0. The van der Waals surface area contributed by atoms with E-state index in [0.717, 1.165) is 23.9 Å². The molecule has 1 N–H and O–H groups in total. The first kappa shape index (κ1) is 14.8. The van der Waals surface area contributed by atoms with E-state index in [0.29, 0.717) is 5.69 Å². The molecule has 4 nitrogen and oxygen atoms in total. The van der Waals surface area contributed by atoms with Crippen molar-refractivity contribution in [3.63, 3.8) is 0 Å². The second kappa shape index (κ2) is 4.97. The number of nitrogens with zero attached hydrogens (tertiary/aromatic N) is 2. The Balaban J connectivity index is 2.33. The zero-order valence-corrected chi connectivity index (χ0v) is 13.9. The summed E-state index contributed by atoms with van der Waals surface area (Å²) in [5.74, 6) is -0.134. The third-order valence-corrected chi connectivity index (χ3v) is 4.40. The van der Waals surface area contributed by atoms with Gasteiger partial charge in [0.1, 0.15) is 5.69 Å². The van der Waals surface area contributed by atoms with Crippen molar-refractivity contribution in [2.75, 3.05) is 25.5 Å². The first-order valence-corrected chi connectivity index (χ1v) is 7.72. The molecule has 4 heteroatoms. The van der Waals surface area contributed by atoms with Crippen LogP contribution in [0.1, 0.15) is 42.4 Å². The van der Waals surface area contributed by atoms with Gasteiger partial charge in [-0.1, -0.05) is 20.8 Å². The molecule has 1 aliphatic rings. The molecule has 0 saturated carbocycles. The number of aromatic nitrogens is 1. The molecule has 0 saturated heterocycles. The van der Waals surface area contributed by atoms with E-state index in [-0.39, 0.29) is 11.3 Å². The number of carbonyl (C=O) groups excluding carboxylic acids is 1. The molecule has 22 heavy (non-hydrogen) atoms. The maximum Gasteiger partial charge on any atom is 0.269 e. The Bertz CT molecular complexity index is 759. The fourth-order valence-electron chi connectivity index (χ4n) is 3.13. The minimum absolute atomic E-state index is 0.0463. The summed E-state index contributed by atoms with van der Waals surface area (Å²) in [5.41, 5.74) is 5.13. The van der Waals surface area contributed by atoms with Gasteiger partial charge in [0.2, 0.25) is 0 Å². The Morgan fingerprint density at radius 2 is 2.00 bits per heavy atom. The van der Waals surface area contributed by atoms with Crippen molar-refractivity contribution in [1.82, 2.24) is 10.3 Å². The van der Waals surface area contributed by atoms with Crippen molar-refractivity contribution in [2.45, 2.75) is 32.6 Å². The molecule has 0 bridgehead atoms. The van der Waals surface area contributed by atoms with Gasteiger partial charge in [-0.05, 0) is 41.2 Å². The van der Waals surface area contributed by atoms with Crippen LogP contribution in [0.3, 0.4) is 0 Å². The predicted molar refractivity (Wildman–Crippen MR) is 90.8 cm³/mol. The average molecular weight is 297 g/mol. The first-order valence-electron chi connectivity index (χ1n) is 7.72. The summed E-state index contributed by atoms with van der Waals surface area (Å²) in [4.78, 5) is 18.9.